The second kappa shape index (κ2) is 6.37. The van der Waals surface area contributed by atoms with Gasteiger partial charge in [-0.3, -0.25) is 0 Å². The number of aryl methyl sites for hydroxylation is 2. The van der Waals surface area contributed by atoms with Crippen molar-refractivity contribution in [2.24, 2.45) is 0 Å². The molecule has 0 radical (unpaired) electrons. The number of nitrogens with zero attached hydrogens (tertiary/aromatic N) is 3. The summed E-state index contributed by atoms with van der Waals surface area (Å²) in [5.41, 5.74) is 8.84. The highest BCUT2D eigenvalue weighted by Gasteiger charge is 2.09. The smallest absolute Gasteiger partial charge is 0.132 e. The summed E-state index contributed by atoms with van der Waals surface area (Å²) < 4.78 is 0. The first-order chi connectivity index (χ1) is 9.62. The fourth-order valence-corrected chi connectivity index (χ4v) is 2.15. The SMILES string of the molecule is CCc1cc(N(CC)Cc2ccc(N)cc2)nc(C)n1. The molecule has 0 aliphatic rings. The summed E-state index contributed by atoms with van der Waals surface area (Å²) in [4.78, 5) is 11.2. The number of aromatic nitrogens is 2. The molecule has 0 saturated carbocycles. The van der Waals surface area contributed by atoms with Gasteiger partial charge in [-0.05, 0) is 38.0 Å². The van der Waals surface area contributed by atoms with E-state index in [-0.39, 0.29) is 0 Å². The first kappa shape index (κ1) is 14.3. The molecule has 0 atom stereocenters. The monoisotopic (exact) mass is 270 g/mol. The Morgan fingerprint density at radius 1 is 1.10 bits per heavy atom. The van der Waals surface area contributed by atoms with Gasteiger partial charge >= 0.3 is 0 Å². The lowest BCUT2D eigenvalue weighted by Crippen LogP contribution is -2.23. The van der Waals surface area contributed by atoms with Crippen molar-refractivity contribution in [2.75, 3.05) is 17.2 Å². The van der Waals surface area contributed by atoms with Gasteiger partial charge in [0.05, 0.1) is 0 Å². The second-order valence-corrected chi connectivity index (χ2v) is 4.87. The van der Waals surface area contributed by atoms with Gasteiger partial charge in [0.15, 0.2) is 0 Å². The van der Waals surface area contributed by atoms with Crippen molar-refractivity contribution in [1.82, 2.24) is 9.97 Å². The van der Waals surface area contributed by atoms with Crippen molar-refractivity contribution >= 4 is 11.5 Å². The third-order valence-corrected chi connectivity index (χ3v) is 3.30. The van der Waals surface area contributed by atoms with Gasteiger partial charge in [0, 0.05) is 30.5 Å². The first-order valence-corrected chi connectivity index (χ1v) is 7.06. The van der Waals surface area contributed by atoms with Crippen molar-refractivity contribution in [1.29, 1.82) is 0 Å². The molecule has 0 aliphatic heterocycles. The van der Waals surface area contributed by atoms with Crippen LogP contribution < -0.4 is 10.6 Å². The molecule has 2 rings (SSSR count). The van der Waals surface area contributed by atoms with Crippen molar-refractivity contribution in [3.63, 3.8) is 0 Å². The Kier molecular flexibility index (Phi) is 4.56. The zero-order valence-electron chi connectivity index (χ0n) is 12.4. The average molecular weight is 270 g/mol. The Hall–Kier alpha value is -2.10. The molecule has 0 spiro atoms. The van der Waals surface area contributed by atoms with Crippen LogP contribution in [0.1, 0.15) is 30.9 Å². The summed E-state index contributed by atoms with van der Waals surface area (Å²) in [6, 6.07) is 10.1. The van der Waals surface area contributed by atoms with E-state index in [9.17, 15) is 0 Å². The minimum Gasteiger partial charge on any atom is -0.399 e. The summed E-state index contributed by atoms with van der Waals surface area (Å²) in [6.07, 6.45) is 0.926. The molecule has 1 aromatic heterocycles. The minimum atomic E-state index is 0.794. The van der Waals surface area contributed by atoms with E-state index < -0.39 is 0 Å². The molecule has 1 heterocycles. The summed E-state index contributed by atoms with van der Waals surface area (Å²) in [5, 5.41) is 0. The summed E-state index contributed by atoms with van der Waals surface area (Å²) >= 11 is 0. The highest BCUT2D eigenvalue weighted by molar-refractivity contribution is 5.43. The first-order valence-electron chi connectivity index (χ1n) is 7.06. The standard InChI is InChI=1S/C16H22N4/c1-4-15-10-16(19-12(3)18-15)20(5-2)11-13-6-8-14(17)9-7-13/h6-10H,4-5,11,17H2,1-3H3. The van der Waals surface area contributed by atoms with Gasteiger partial charge in [0.2, 0.25) is 0 Å². The molecule has 106 valence electrons. The van der Waals surface area contributed by atoms with Crippen LogP contribution in [0.2, 0.25) is 0 Å². The van der Waals surface area contributed by atoms with E-state index in [1.54, 1.807) is 0 Å². The minimum absolute atomic E-state index is 0.794. The van der Waals surface area contributed by atoms with Crippen molar-refractivity contribution in [2.45, 2.75) is 33.7 Å². The van der Waals surface area contributed by atoms with Crippen LogP contribution in [0, 0.1) is 6.92 Å². The third kappa shape index (κ3) is 3.47. The van der Waals surface area contributed by atoms with Gasteiger partial charge < -0.3 is 10.6 Å². The molecule has 4 nitrogen and oxygen atoms in total. The zero-order chi connectivity index (χ0) is 14.5. The van der Waals surface area contributed by atoms with Crippen LogP contribution in [-0.2, 0) is 13.0 Å². The Morgan fingerprint density at radius 2 is 1.80 bits per heavy atom. The van der Waals surface area contributed by atoms with E-state index in [1.165, 1.54) is 5.56 Å². The van der Waals surface area contributed by atoms with E-state index >= 15 is 0 Å². The quantitative estimate of drug-likeness (QED) is 0.849. The molecule has 0 aliphatic carbocycles. The molecule has 1 aromatic carbocycles. The van der Waals surface area contributed by atoms with Gasteiger partial charge in [-0.1, -0.05) is 19.1 Å². The number of benzene rings is 1. The van der Waals surface area contributed by atoms with E-state index in [2.05, 4.69) is 46.9 Å². The molecule has 2 aromatic rings. The normalized spacial score (nSPS) is 10.6. The largest absolute Gasteiger partial charge is 0.399 e. The fourth-order valence-electron chi connectivity index (χ4n) is 2.15. The average Bonchev–Trinajstić information content (AvgIpc) is 2.46. The maximum atomic E-state index is 5.72. The van der Waals surface area contributed by atoms with Crippen LogP contribution in [0.25, 0.3) is 0 Å². The zero-order valence-corrected chi connectivity index (χ0v) is 12.4. The predicted molar refractivity (Wildman–Crippen MR) is 83.7 cm³/mol. The molecule has 0 saturated heterocycles. The molecular formula is C16H22N4. The summed E-state index contributed by atoms with van der Waals surface area (Å²) in [5.74, 6) is 1.82. The molecule has 20 heavy (non-hydrogen) atoms. The summed E-state index contributed by atoms with van der Waals surface area (Å²) in [6.45, 7) is 7.93. The van der Waals surface area contributed by atoms with E-state index in [4.69, 9.17) is 5.73 Å². The van der Waals surface area contributed by atoms with Gasteiger partial charge in [-0.25, -0.2) is 9.97 Å². The molecule has 4 heteroatoms. The number of nitrogens with two attached hydrogens (primary N) is 1. The van der Waals surface area contributed by atoms with Gasteiger partial charge in [0.25, 0.3) is 0 Å². The second-order valence-electron chi connectivity index (χ2n) is 4.87. The van der Waals surface area contributed by atoms with E-state index in [0.29, 0.717) is 0 Å². The lowest BCUT2D eigenvalue weighted by Gasteiger charge is -2.23. The number of anilines is 2. The van der Waals surface area contributed by atoms with Crippen LogP contribution in [0.15, 0.2) is 30.3 Å². The Morgan fingerprint density at radius 3 is 2.40 bits per heavy atom. The number of hydrogen-bond donors (Lipinski definition) is 1. The van der Waals surface area contributed by atoms with E-state index in [1.807, 2.05) is 19.1 Å². The maximum absolute atomic E-state index is 5.72. The summed E-state index contributed by atoms with van der Waals surface area (Å²) in [7, 11) is 0. The Labute approximate surface area is 120 Å². The molecule has 0 unspecified atom stereocenters. The number of rotatable bonds is 5. The lowest BCUT2D eigenvalue weighted by molar-refractivity contribution is 0.797. The van der Waals surface area contributed by atoms with E-state index in [0.717, 1.165) is 42.5 Å². The molecule has 0 fully saturated rings. The lowest BCUT2D eigenvalue weighted by atomic mass is 10.2. The van der Waals surface area contributed by atoms with Crippen molar-refractivity contribution in [3.05, 3.63) is 47.4 Å². The van der Waals surface area contributed by atoms with Crippen molar-refractivity contribution < 1.29 is 0 Å². The maximum Gasteiger partial charge on any atom is 0.132 e. The van der Waals surface area contributed by atoms with Crippen LogP contribution in [0.4, 0.5) is 11.5 Å². The Balaban J connectivity index is 2.23. The highest BCUT2D eigenvalue weighted by atomic mass is 15.2. The third-order valence-electron chi connectivity index (χ3n) is 3.30. The topological polar surface area (TPSA) is 55.0 Å². The Bertz CT molecular complexity index is 563. The van der Waals surface area contributed by atoms with Crippen LogP contribution in [0.3, 0.4) is 0 Å². The fraction of sp³-hybridized carbons (Fsp3) is 0.375. The predicted octanol–water partition coefficient (Wildman–Crippen LogP) is 2.96. The number of nitrogen functional groups attached to an aromatic ring is 1. The molecule has 0 amide bonds. The van der Waals surface area contributed by atoms with Gasteiger partial charge in [-0.2, -0.15) is 0 Å². The molecule has 0 bridgehead atoms. The van der Waals surface area contributed by atoms with Gasteiger partial charge in [0.1, 0.15) is 11.6 Å². The van der Waals surface area contributed by atoms with Gasteiger partial charge in [-0.15, -0.1) is 0 Å². The van der Waals surface area contributed by atoms with Crippen molar-refractivity contribution in [3.8, 4) is 0 Å². The molecule has 2 N–H and O–H groups in total. The number of hydrogen-bond acceptors (Lipinski definition) is 4. The molecular weight excluding hydrogens is 248 g/mol. The van der Waals surface area contributed by atoms with Crippen LogP contribution in [0.5, 0.6) is 0 Å². The van der Waals surface area contributed by atoms with Crippen LogP contribution in [-0.4, -0.2) is 16.5 Å². The van der Waals surface area contributed by atoms with Crippen LogP contribution >= 0.6 is 0 Å². The highest BCUT2D eigenvalue weighted by Crippen LogP contribution is 2.17.